The molecular formula is C21H23N3O3S. The van der Waals surface area contributed by atoms with Crippen molar-refractivity contribution < 1.29 is 9.47 Å². The van der Waals surface area contributed by atoms with Crippen LogP contribution < -0.4 is 15.6 Å². The van der Waals surface area contributed by atoms with Gasteiger partial charge in [-0.3, -0.25) is 4.79 Å². The van der Waals surface area contributed by atoms with Crippen LogP contribution in [0.4, 0.5) is 0 Å². The second-order valence-corrected chi connectivity index (χ2v) is 7.85. The molecular weight excluding hydrogens is 374 g/mol. The molecule has 6 nitrogen and oxygen atoms in total. The van der Waals surface area contributed by atoms with Crippen molar-refractivity contribution in [2.75, 3.05) is 20.3 Å². The molecule has 0 spiro atoms. The number of nitrogens with zero attached hydrogens (tertiary/aromatic N) is 2. The molecule has 1 aliphatic heterocycles. The van der Waals surface area contributed by atoms with E-state index in [4.69, 9.17) is 9.47 Å². The summed E-state index contributed by atoms with van der Waals surface area (Å²) in [6.45, 7) is 3.90. The summed E-state index contributed by atoms with van der Waals surface area (Å²) in [5.74, 6) is 0.757. The number of aryl methyl sites for hydroxylation is 1. The van der Waals surface area contributed by atoms with Crippen LogP contribution in [-0.4, -0.2) is 36.1 Å². The predicted octanol–water partition coefficient (Wildman–Crippen LogP) is 3.02. The van der Waals surface area contributed by atoms with Gasteiger partial charge in [-0.1, -0.05) is 12.1 Å². The first-order valence-electron chi connectivity index (χ1n) is 9.24. The second kappa shape index (κ2) is 8.26. The van der Waals surface area contributed by atoms with Crippen molar-refractivity contribution in [2.45, 2.75) is 25.6 Å². The molecule has 0 amide bonds. The molecule has 1 saturated heterocycles. The van der Waals surface area contributed by atoms with Crippen LogP contribution in [0.1, 0.15) is 16.5 Å². The Hall–Kier alpha value is -2.48. The second-order valence-electron chi connectivity index (χ2n) is 6.85. The summed E-state index contributed by atoms with van der Waals surface area (Å²) in [6.07, 6.45) is 0. The molecule has 0 aliphatic carbocycles. The molecule has 2 aromatic heterocycles. The Morgan fingerprint density at radius 2 is 2.18 bits per heavy atom. The topological polar surface area (TPSA) is 65.4 Å². The van der Waals surface area contributed by atoms with E-state index < -0.39 is 0 Å². The number of hydrogen-bond acceptors (Lipinski definition) is 6. The maximum Gasteiger partial charge on any atom is 0.267 e. The van der Waals surface area contributed by atoms with Gasteiger partial charge in [0.15, 0.2) is 0 Å². The minimum Gasteiger partial charge on any atom is -0.497 e. The van der Waals surface area contributed by atoms with E-state index >= 15 is 0 Å². The highest BCUT2D eigenvalue weighted by atomic mass is 32.1. The van der Waals surface area contributed by atoms with Crippen LogP contribution in [-0.2, 0) is 11.3 Å². The minimum absolute atomic E-state index is 0.0345. The molecule has 1 aromatic carbocycles. The largest absolute Gasteiger partial charge is 0.497 e. The van der Waals surface area contributed by atoms with Gasteiger partial charge < -0.3 is 14.8 Å². The van der Waals surface area contributed by atoms with Gasteiger partial charge in [-0.25, -0.2) is 4.68 Å². The minimum atomic E-state index is -0.140. The van der Waals surface area contributed by atoms with Crippen LogP contribution >= 0.6 is 11.3 Å². The number of methoxy groups -OCH3 is 1. The molecule has 7 heteroatoms. The average molecular weight is 398 g/mol. The van der Waals surface area contributed by atoms with E-state index in [1.165, 1.54) is 10.4 Å². The Kier molecular flexibility index (Phi) is 5.57. The molecule has 0 radical (unpaired) electrons. The monoisotopic (exact) mass is 397 g/mol. The Balaban J connectivity index is 1.58. The molecule has 0 saturated carbocycles. The third kappa shape index (κ3) is 3.87. The van der Waals surface area contributed by atoms with E-state index in [9.17, 15) is 4.79 Å². The highest BCUT2D eigenvalue weighted by Crippen LogP contribution is 2.24. The molecule has 1 aliphatic rings. The molecule has 146 valence electrons. The molecule has 28 heavy (non-hydrogen) atoms. The summed E-state index contributed by atoms with van der Waals surface area (Å²) < 4.78 is 12.5. The lowest BCUT2D eigenvalue weighted by atomic mass is 10.1. The summed E-state index contributed by atoms with van der Waals surface area (Å²) in [4.78, 5) is 13.8. The molecule has 1 N–H and O–H groups in total. The summed E-state index contributed by atoms with van der Waals surface area (Å²) in [6, 6.07) is 13.0. The van der Waals surface area contributed by atoms with Gasteiger partial charge in [-0.15, -0.1) is 11.3 Å². The van der Waals surface area contributed by atoms with Crippen molar-refractivity contribution in [1.82, 2.24) is 15.1 Å². The lowest BCUT2D eigenvalue weighted by Crippen LogP contribution is -2.41. The van der Waals surface area contributed by atoms with E-state index in [0.29, 0.717) is 13.2 Å². The van der Waals surface area contributed by atoms with Crippen molar-refractivity contribution in [2.24, 2.45) is 0 Å². The van der Waals surface area contributed by atoms with Gasteiger partial charge in [-0.2, -0.15) is 5.10 Å². The molecule has 4 rings (SSSR count). The summed E-state index contributed by atoms with van der Waals surface area (Å²) in [5.41, 5.74) is 2.80. The highest BCUT2D eigenvalue weighted by molar-refractivity contribution is 7.10. The zero-order valence-corrected chi connectivity index (χ0v) is 16.7. The summed E-state index contributed by atoms with van der Waals surface area (Å²) in [7, 11) is 1.63. The quantitative estimate of drug-likeness (QED) is 0.693. The number of rotatable bonds is 6. The zero-order chi connectivity index (χ0) is 19.5. The maximum absolute atomic E-state index is 12.5. The maximum atomic E-state index is 12.5. The van der Waals surface area contributed by atoms with E-state index in [2.05, 4.69) is 28.8 Å². The first-order chi connectivity index (χ1) is 13.7. The van der Waals surface area contributed by atoms with Crippen LogP contribution in [0.3, 0.4) is 0 Å². The van der Waals surface area contributed by atoms with Crippen molar-refractivity contribution in [3.63, 3.8) is 0 Å². The summed E-state index contributed by atoms with van der Waals surface area (Å²) in [5, 5.41) is 10.3. The lowest BCUT2D eigenvalue weighted by Gasteiger charge is -2.21. The van der Waals surface area contributed by atoms with Gasteiger partial charge >= 0.3 is 0 Å². The Bertz CT molecular complexity index is 1010. The first-order valence-corrected chi connectivity index (χ1v) is 10.1. The number of nitrogens with one attached hydrogen (secondary N) is 1. The lowest BCUT2D eigenvalue weighted by molar-refractivity contribution is 0.181. The van der Waals surface area contributed by atoms with Crippen LogP contribution in [0, 0.1) is 6.92 Å². The van der Waals surface area contributed by atoms with Crippen molar-refractivity contribution in [1.29, 1.82) is 0 Å². The van der Waals surface area contributed by atoms with Gasteiger partial charge in [0.1, 0.15) is 5.75 Å². The number of hydrogen-bond donors (Lipinski definition) is 1. The SMILES string of the molecule is COc1cccc(-c2ccc(=O)n(C3COCC3NCc3sccc3C)n2)c1. The standard InChI is InChI=1S/C21H23N3O3S/c1-14-8-9-28-20(14)11-22-18-12-27-13-19(18)24-21(25)7-6-17(23-24)15-4-3-5-16(10-15)26-2/h3-10,18-19,22H,11-13H2,1-2H3. The highest BCUT2D eigenvalue weighted by Gasteiger charge is 2.31. The molecule has 2 atom stereocenters. The number of aromatic nitrogens is 2. The molecule has 3 heterocycles. The molecule has 1 fully saturated rings. The fourth-order valence-corrected chi connectivity index (χ4v) is 4.24. The van der Waals surface area contributed by atoms with Gasteiger partial charge in [0.2, 0.25) is 0 Å². The molecule has 3 aromatic rings. The fraction of sp³-hybridized carbons (Fsp3) is 0.333. The normalized spacial score (nSPS) is 19.1. The Morgan fingerprint density at radius 1 is 1.29 bits per heavy atom. The average Bonchev–Trinajstić information content (AvgIpc) is 3.35. The summed E-state index contributed by atoms with van der Waals surface area (Å²) >= 11 is 1.74. The zero-order valence-electron chi connectivity index (χ0n) is 15.9. The van der Waals surface area contributed by atoms with E-state index in [0.717, 1.165) is 23.6 Å². The van der Waals surface area contributed by atoms with Gasteiger partial charge in [0.25, 0.3) is 5.56 Å². The van der Waals surface area contributed by atoms with Gasteiger partial charge in [0, 0.05) is 23.1 Å². The van der Waals surface area contributed by atoms with E-state index in [1.54, 1.807) is 35.3 Å². The number of benzene rings is 1. The first kappa shape index (κ1) is 18.9. The predicted molar refractivity (Wildman–Crippen MR) is 110 cm³/mol. The van der Waals surface area contributed by atoms with Crippen LogP contribution in [0.2, 0.25) is 0 Å². The molecule has 2 unspecified atom stereocenters. The number of thiophene rings is 1. The van der Waals surface area contributed by atoms with Crippen LogP contribution in [0.15, 0.2) is 52.6 Å². The van der Waals surface area contributed by atoms with Gasteiger partial charge in [-0.05, 0) is 42.1 Å². The fourth-order valence-electron chi connectivity index (χ4n) is 3.39. The Labute approximate surface area is 167 Å². The Morgan fingerprint density at radius 3 is 2.96 bits per heavy atom. The smallest absolute Gasteiger partial charge is 0.267 e. The van der Waals surface area contributed by atoms with E-state index in [1.807, 2.05) is 24.3 Å². The van der Waals surface area contributed by atoms with Gasteiger partial charge in [0.05, 0.1) is 38.1 Å². The van der Waals surface area contributed by atoms with Crippen molar-refractivity contribution >= 4 is 11.3 Å². The van der Waals surface area contributed by atoms with Crippen LogP contribution in [0.25, 0.3) is 11.3 Å². The third-order valence-corrected chi connectivity index (χ3v) is 6.07. The molecule has 0 bridgehead atoms. The number of ether oxygens (including phenoxy) is 2. The third-order valence-electron chi connectivity index (χ3n) is 5.05. The van der Waals surface area contributed by atoms with Crippen molar-refractivity contribution in [3.05, 3.63) is 68.6 Å². The van der Waals surface area contributed by atoms with Crippen LogP contribution in [0.5, 0.6) is 5.75 Å². The van der Waals surface area contributed by atoms with E-state index in [-0.39, 0.29) is 17.6 Å². The van der Waals surface area contributed by atoms with Crippen molar-refractivity contribution in [3.8, 4) is 17.0 Å².